The van der Waals surface area contributed by atoms with E-state index in [0.29, 0.717) is 40.3 Å². The fraction of sp³-hybridized carbons (Fsp3) is 0.763. The lowest BCUT2D eigenvalue weighted by molar-refractivity contribution is -0.182. The molecule has 0 heterocycles. The van der Waals surface area contributed by atoms with Gasteiger partial charge in [0.25, 0.3) is 0 Å². The molecule has 0 bridgehead atoms. The van der Waals surface area contributed by atoms with Gasteiger partial charge in [-0.25, -0.2) is 5.06 Å². The Kier molecular flexibility index (Phi) is 15.5. The predicted molar refractivity (Wildman–Crippen MR) is 274 cm³/mol. The number of aliphatic hydroxyl groups is 2. The fourth-order valence-electron chi connectivity index (χ4n) is 17.7. The molecule has 0 spiro atoms. The summed E-state index contributed by atoms with van der Waals surface area (Å²) in [5.41, 5.74) is 2.25. The van der Waals surface area contributed by atoms with Gasteiger partial charge in [0, 0.05) is 24.4 Å². The number of benzene rings is 2. The van der Waals surface area contributed by atoms with Crippen LogP contribution in [0.4, 0.5) is 0 Å². The second-order valence-corrected chi connectivity index (χ2v) is 25.8. The quantitative estimate of drug-likeness (QED) is 0.229. The van der Waals surface area contributed by atoms with Gasteiger partial charge in [0.2, 0.25) is 5.91 Å². The van der Waals surface area contributed by atoms with Crippen molar-refractivity contribution in [1.82, 2.24) is 5.06 Å². The van der Waals surface area contributed by atoms with Crippen molar-refractivity contribution in [3.63, 3.8) is 0 Å². The Balaban J connectivity index is 0.000000166. The van der Waals surface area contributed by atoms with E-state index in [-0.39, 0.29) is 36.0 Å². The molecule has 8 fully saturated rings. The van der Waals surface area contributed by atoms with Gasteiger partial charge in [-0.3, -0.25) is 14.4 Å². The molecular formula is C59H90BrNO6. The molecule has 1 amide bonds. The molecule has 0 aliphatic heterocycles. The number of ether oxygens (including phenoxy) is 1. The van der Waals surface area contributed by atoms with Crippen LogP contribution in [0.3, 0.4) is 0 Å². The van der Waals surface area contributed by atoms with Gasteiger partial charge in [-0.1, -0.05) is 71.5 Å². The summed E-state index contributed by atoms with van der Waals surface area (Å²) in [6.07, 6.45) is 20.8. The molecule has 0 saturated heterocycles. The number of amides is 1. The van der Waals surface area contributed by atoms with Gasteiger partial charge in [-0.15, -0.1) is 0 Å². The summed E-state index contributed by atoms with van der Waals surface area (Å²) in [5.74, 6) is 7.61. The summed E-state index contributed by atoms with van der Waals surface area (Å²) in [4.78, 5) is 31.8. The van der Waals surface area contributed by atoms with Crippen LogP contribution in [0.15, 0.2) is 53.0 Å². The number of fused-ring (bicyclic) bond motifs is 10. The minimum absolute atomic E-state index is 0. The highest BCUT2D eigenvalue weighted by Gasteiger charge is 2.64. The zero-order chi connectivity index (χ0) is 47.6. The highest BCUT2D eigenvalue weighted by atomic mass is 79.9. The molecule has 0 aromatic heterocycles. The van der Waals surface area contributed by atoms with Crippen LogP contribution < -0.4 is 4.74 Å². The van der Waals surface area contributed by atoms with Gasteiger partial charge >= 0.3 is 0 Å². The van der Waals surface area contributed by atoms with Gasteiger partial charge in [-0.2, -0.15) is 0 Å². The molecule has 2 aromatic carbocycles. The first-order valence-electron chi connectivity index (χ1n) is 26.3. The van der Waals surface area contributed by atoms with Crippen molar-refractivity contribution in [2.24, 2.45) is 80.8 Å². The Labute approximate surface area is 414 Å². The number of ketones is 1. The molecule has 67 heavy (non-hydrogen) atoms. The lowest BCUT2D eigenvalue weighted by Gasteiger charge is -2.61. The SMILES string of the molecule is C.CON(C)C(=O)[C@H]1CC[C@H]2[C@@H]3CC[C@@H]4C[C@](C)(O)CC[C@]4(C)[C@H]3CC[C@]12C.COc1ccccc1Br.Cc1ccccc1C(=O)[C@H]1CC[C@H]2[C@@H]3CC[C@@H]4C[C@](C)(O)CC[C@]4(C)[C@H]3CC[C@]12C. The van der Waals surface area contributed by atoms with E-state index in [4.69, 9.17) is 9.57 Å². The van der Waals surface area contributed by atoms with E-state index in [1.807, 2.05) is 49.4 Å². The first-order valence-corrected chi connectivity index (χ1v) is 27.1. The third-order valence-electron chi connectivity index (χ3n) is 21.6. The topological polar surface area (TPSA) is 96.3 Å². The minimum atomic E-state index is -0.462. The highest BCUT2D eigenvalue weighted by molar-refractivity contribution is 9.10. The van der Waals surface area contributed by atoms with E-state index in [2.05, 4.69) is 63.5 Å². The second-order valence-electron chi connectivity index (χ2n) is 24.9. The normalized spacial score (nSPS) is 43.5. The summed E-state index contributed by atoms with van der Waals surface area (Å²) < 4.78 is 5.99. The van der Waals surface area contributed by atoms with Crippen LogP contribution in [0.1, 0.15) is 180 Å². The van der Waals surface area contributed by atoms with Crippen molar-refractivity contribution in [1.29, 1.82) is 0 Å². The Morgan fingerprint density at radius 1 is 0.597 bits per heavy atom. The molecule has 374 valence electrons. The van der Waals surface area contributed by atoms with Crippen molar-refractivity contribution >= 4 is 27.6 Å². The Hall–Kier alpha value is -2.26. The first-order chi connectivity index (χ1) is 31.1. The maximum atomic E-state index is 13.6. The van der Waals surface area contributed by atoms with Crippen molar-refractivity contribution in [3.8, 4) is 5.75 Å². The Morgan fingerprint density at radius 2 is 1.06 bits per heavy atom. The number of hydrogen-bond acceptors (Lipinski definition) is 6. The van der Waals surface area contributed by atoms with Crippen molar-refractivity contribution in [2.75, 3.05) is 21.3 Å². The average Bonchev–Trinajstić information content (AvgIpc) is 3.83. The largest absolute Gasteiger partial charge is 0.496 e. The van der Waals surface area contributed by atoms with Gasteiger partial charge in [-0.05, 0) is 239 Å². The number of aryl methyl sites for hydroxylation is 1. The number of carbonyl (C=O) groups excluding carboxylic acids is 2. The van der Waals surface area contributed by atoms with E-state index in [9.17, 15) is 19.8 Å². The van der Waals surface area contributed by atoms with Crippen LogP contribution in [0.5, 0.6) is 5.75 Å². The van der Waals surface area contributed by atoms with Crippen molar-refractivity contribution in [3.05, 3.63) is 64.1 Å². The summed E-state index contributed by atoms with van der Waals surface area (Å²) in [6.45, 7) is 16.1. The predicted octanol–water partition coefficient (Wildman–Crippen LogP) is 14.1. The molecule has 0 radical (unpaired) electrons. The van der Waals surface area contributed by atoms with Gasteiger partial charge in [0.05, 0.1) is 29.9 Å². The number of hydroxylamine groups is 2. The summed E-state index contributed by atoms with van der Waals surface area (Å²) >= 11 is 3.33. The highest BCUT2D eigenvalue weighted by Crippen LogP contribution is 2.70. The van der Waals surface area contributed by atoms with Crippen LogP contribution in [-0.2, 0) is 9.63 Å². The molecule has 8 heteroatoms. The maximum absolute atomic E-state index is 13.6. The van der Waals surface area contributed by atoms with Crippen LogP contribution in [-0.4, -0.2) is 59.4 Å². The third-order valence-corrected chi connectivity index (χ3v) is 22.2. The molecule has 0 unspecified atom stereocenters. The van der Waals surface area contributed by atoms with Crippen LogP contribution in [0.25, 0.3) is 0 Å². The maximum Gasteiger partial charge on any atom is 0.249 e. The number of halogens is 1. The molecule has 8 aliphatic rings. The van der Waals surface area contributed by atoms with E-state index >= 15 is 0 Å². The van der Waals surface area contributed by atoms with Crippen LogP contribution >= 0.6 is 15.9 Å². The summed E-state index contributed by atoms with van der Waals surface area (Å²) in [5, 5.41) is 22.8. The van der Waals surface area contributed by atoms with E-state index in [0.717, 1.165) is 83.5 Å². The molecule has 8 aliphatic carbocycles. The monoisotopic (exact) mass is 988 g/mol. The number of carbonyl (C=O) groups is 2. The molecule has 16 atom stereocenters. The molecule has 7 nitrogen and oxygen atoms in total. The second kappa shape index (κ2) is 19.7. The number of rotatable bonds is 5. The van der Waals surface area contributed by atoms with Gasteiger partial charge in [0.1, 0.15) is 5.75 Å². The van der Waals surface area contributed by atoms with Crippen molar-refractivity contribution in [2.45, 2.75) is 183 Å². The molecule has 10 rings (SSSR count). The Bertz CT molecular complexity index is 2070. The minimum Gasteiger partial charge on any atom is -0.496 e. The fourth-order valence-corrected chi connectivity index (χ4v) is 18.1. The standard InChI is InChI=1S/C28H40O2.C23H39NO3.C7H7BrO.CH4/c1-18-7-5-6-8-20(18)25(29)24-12-11-22-21-10-9-19-17-26(2,30)15-16-27(19,3)23(21)13-14-28(22,24)4;1-21(26)12-13-22(2)15(14-21)6-7-16-17-8-9-19(20(25)24(4)27-5)23(17,3)11-10-18(16)22;1-9-7-5-3-2-4-6(7)8;/h5-8,19,21-24,30H,9-17H2,1-4H3;15-19,26H,6-14H2,1-5H3;2-5H,1H3;1H4/t19-,21+,22+,23+,24-,26-,27+,28+;15-,16+,17+,18+,19-,21-,22+,23+;;/m11../s1. The zero-order valence-electron chi connectivity index (χ0n) is 42.5. The molecule has 2 N–H and O–H groups in total. The first kappa shape index (κ1) is 52.6. The summed E-state index contributed by atoms with van der Waals surface area (Å²) in [7, 11) is 4.99. The molecule has 8 saturated carbocycles. The van der Waals surface area contributed by atoms with Gasteiger partial charge < -0.3 is 14.9 Å². The van der Waals surface area contributed by atoms with E-state index in [1.54, 1.807) is 21.3 Å². The smallest absolute Gasteiger partial charge is 0.249 e. The number of para-hydroxylation sites is 1. The van der Waals surface area contributed by atoms with Crippen LogP contribution in [0.2, 0.25) is 0 Å². The van der Waals surface area contributed by atoms with Gasteiger partial charge in [0.15, 0.2) is 5.78 Å². The molecular weight excluding hydrogens is 899 g/mol. The third kappa shape index (κ3) is 9.52. The lowest BCUT2D eigenvalue weighted by Crippen LogP contribution is -2.56. The lowest BCUT2D eigenvalue weighted by atomic mass is 9.44. The number of nitrogens with zero attached hydrogens (tertiary/aromatic N) is 1. The van der Waals surface area contributed by atoms with Crippen molar-refractivity contribution < 1.29 is 29.4 Å². The van der Waals surface area contributed by atoms with Crippen LogP contribution in [0, 0.1) is 87.8 Å². The average molecular weight is 989 g/mol. The summed E-state index contributed by atoms with van der Waals surface area (Å²) in [6, 6.07) is 15.9. The number of hydrogen-bond donors (Lipinski definition) is 2. The molecule has 2 aromatic rings. The Morgan fingerprint density at radius 3 is 1.54 bits per heavy atom. The number of Topliss-reactive ketones (excluding diaryl/α,β-unsaturated/α-hetero) is 1. The van der Waals surface area contributed by atoms with E-state index in [1.165, 1.54) is 82.1 Å². The number of methoxy groups -OCH3 is 1. The van der Waals surface area contributed by atoms with E-state index < -0.39 is 11.2 Å². The zero-order valence-corrected chi connectivity index (χ0v) is 44.1.